The van der Waals surface area contributed by atoms with Crippen LogP contribution in [0.5, 0.6) is 0 Å². The van der Waals surface area contributed by atoms with E-state index in [1.807, 2.05) is 24.3 Å². The van der Waals surface area contributed by atoms with Crippen LogP contribution in [0.15, 0.2) is 39.4 Å². The van der Waals surface area contributed by atoms with Gasteiger partial charge in [0.15, 0.2) is 5.69 Å². The number of carbonyl (C=O) groups excluding carboxylic acids is 2. The molecule has 1 aromatic heterocycles. The summed E-state index contributed by atoms with van der Waals surface area (Å²) in [6.07, 6.45) is 6.51. The lowest BCUT2D eigenvalue weighted by atomic mass is 9.94. The first kappa shape index (κ1) is 19.4. The minimum atomic E-state index is -0.562. The lowest BCUT2D eigenvalue weighted by molar-refractivity contribution is 0.0594. The standard InChI is InChI=1S/C19H22BrN3O4/c1-26-18(24)16-12-27-17(22-16)11-23(15-5-3-2-4-6-15)19(25)21-14-9-7-13(20)8-10-14/h7-10,12,15H,2-6,11H2,1H3,(H,21,25). The number of benzene rings is 1. The number of rotatable bonds is 5. The topological polar surface area (TPSA) is 84.7 Å². The summed E-state index contributed by atoms with van der Waals surface area (Å²) in [7, 11) is 1.29. The molecule has 144 valence electrons. The van der Waals surface area contributed by atoms with Crippen LogP contribution in [0.1, 0.15) is 48.5 Å². The van der Waals surface area contributed by atoms with Crippen molar-refractivity contribution in [3.05, 3.63) is 46.6 Å². The van der Waals surface area contributed by atoms with E-state index >= 15 is 0 Å². The second-order valence-electron chi connectivity index (χ2n) is 6.47. The maximum atomic E-state index is 12.9. The summed E-state index contributed by atoms with van der Waals surface area (Å²) >= 11 is 3.39. The van der Waals surface area contributed by atoms with Crippen LogP contribution in [-0.2, 0) is 11.3 Å². The molecule has 0 radical (unpaired) electrons. The van der Waals surface area contributed by atoms with Gasteiger partial charge in [-0.3, -0.25) is 0 Å². The first-order chi connectivity index (χ1) is 13.1. The number of esters is 1. The number of nitrogens with one attached hydrogen (secondary N) is 1. The van der Waals surface area contributed by atoms with E-state index in [9.17, 15) is 9.59 Å². The van der Waals surface area contributed by atoms with E-state index in [2.05, 4.69) is 31.0 Å². The van der Waals surface area contributed by atoms with E-state index in [0.29, 0.717) is 11.6 Å². The van der Waals surface area contributed by atoms with Crippen molar-refractivity contribution in [2.75, 3.05) is 12.4 Å². The number of amides is 2. The number of methoxy groups -OCH3 is 1. The summed E-state index contributed by atoms with van der Waals surface area (Å²) < 4.78 is 11.0. The number of oxazole rings is 1. The van der Waals surface area contributed by atoms with Gasteiger partial charge in [-0.1, -0.05) is 35.2 Å². The fraction of sp³-hybridized carbons (Fsp3) is 0.421. The van der Waals surface area contributed by atoms with Crippen molar-refractivity contribution in [1.29, 1.82) is 0 Å². The molecule has 3 rings (SSSR count). The zero-order chi connectivity index (χ0) is 19.2. The predicted octanol–water partition coefficient (Wildman–Crippen LogP) is 4.59. The predicted molar refractivity (Wildman–Crippen MR) is 103 cm³/mol. The molecule has 1 aromatic carbocycles. The SMILES string of the molecule is COC(=O)c1coc(CN(C(=O)Nc2ccc(Br)cc2)C2CCCCC2)n1. The molecule has 7 nitrogen and oxygen atoms in total. The molecule has 1 heterocycles. The van der Waals surface area contributed by atoms with Crippen molar-refractivity contribution >= 4 is 33.6 Å². The van der Waals surface area contributed by atoms with Gasteiger partial charge in [0.2, 0.25) is 5.89 Å². The molecule has 0 aliphatic heterocycles. The zero-order valence-corrected chi connectivity index (χ0v) is 16.7. The summed E-state index contributed by atoms with van der Waals surface area (Å²) in [6, 6.07) is 7.32. The molecule has 1 N–H and O–H groups in total. The van der Waals surface area contributed by atoms with Gasteiger partial charge >= 0.3 is 12.0 Å². The lowest BCUT2D eigenvalue weighted by Crippen LogP contribution is -2.43. The van der Waals surface area contributed by atoms with Crippen LogP contribution in [0.2, 0.25) is 0 Å². The van der Waals surface area contributed by atoms with E-state index in [1.54, 1.807) is 4.90 Å². The molecule has 27 heavy (non-hydrogen) atoms. The fourth-order valence-corrected chi connectivity index (χ4v) is 3.48. The Hall–Kier alpha value is -2.35. The van der Waals surface area contributed by atoms with Gasteiger partial charge in [0.05, 0.1) is 13.7 Å². The fourth-order valence-electron chi connectivity index (χ4n) is 3.22. The van der Waals surface area contributed by atoms with Crippen molar-refractivity contribution in [2.24, 2.45) is 0 Å². The summed E-state index contributed by atoms with van der Waals surface area (Å²) in [5, 5.41) is 2.93. The number of nitrogens with zero attached hydrogens (tertiary/aromatic N) is 2. The van der Waals surface area contributed by atoms with Gasteiger partial charge in [-0.15, -0.1) is 0 Å². The highest BCUT2D eigenvalue weighted by molar-refractivity contribution is 9.10. The highest BCUT2D eigenvalue weighted by Gasteiger charge is 2.27. The molecule has 2 aromatic rings. The van der Waals surface area contributed by atoms with Crippen LogP contribution < -0.4 is 5.32 Å². The maximum Gasteiger partial charge on any atom is 0.360 e. The number of urea groups is 1. The van der Waals surface area contributed by atoms with Gasteiger partial charge in [-0.2, -0.15) is 0 Å². The number of hydrogen-bond donors (Lipinski definition) is 1. The zero-order valence-electron chi connectivity index (χ0n) is 15.1. The Morgan fingerprint density at radius 3 is 2.63 bits per heavy atom. The normalized spacial score (nSPS) is 14.6. The Morgan fingerprint density at radius 2 is 1.96 bits per heavy atom. The summed E-state index contributed by atoms with van der Waals surface area (Å²) in [4.78, 5) is 30.4. The van der Waals surface area contributed by atoms with Crippen LogP contribution in [0.3, 0.4) is 0 Å². The van der Waals surface area contributed by atoms with Gasteiger partial charge < -0.3 is 19.4 Å². The monoisotopic (exact) mass is 435 g/mol. The second kappa shape index (κ2) is 9.03. The first-order valence-corrected chi connectivity index (χ1v) is 9.72. The summed E-state index contributed by atoms with van der Waals surface area (Å²) in [6.45, 7) is 0.198. The van der Waals surface area contributed by atoms with Crippen molar-refractivity contribution in [2.45, 2.75) is 44.7 Å². The van der Waals surface area contributed by atoms with Crippen molar-refractivity contribution in [1.82, 2.24) is 9.88 Å². The van der Waals surface area contributed by atoms with E-state index < -0.39 is 5.97 Å². The largest absolute Gasteiger partial charge is 0.464 e. The van der Waals surface area contributed by atoms with Crippen LogP contribution in [0.4, 0.5) is 10.5 Å². The Balaban J connectivity index is 1.75. The van der Waals surface area contributed by atoms with E-state index in [0.717, 1.165) is 30.2 Å². The van der Waals surface area contributed by atoms with Gasteiger partial charge in [0.25, 0.3) is 0 Å². The second-order valence-corrected chi connectivity index (χ2v) is 7.39. The number of anilines is 1. The Labute approximate surface area is 166 Å². The third-order valence-corrected chi connectivity index (χ3v) is 5.15. The number of hydrogen-bond acceptors (Lipinski definition) is 5. The van der Waals surface area contributed by atoms with Gasteiger partial charge in [0, 0.05) is 16.2 Å². The third kappa shape index (κ3) is 5.09. The highest BCUT2D eigenvalue weighted by atomic mass is 79.9. The molecule has 2 amide bonds. The smallest absolute Gasteiger partial charge is 0.360 e. The van der Waals surface area contributed by atoms with E-state index in [1.165, 1.54) is 19.8 Å². The summed E-state index contributed by atoms with van der Waals surface area (Å²) in [5.41, 5.74) is 0.816. The number of ether oxygens (including phenoxy) is 1. The Morgan fingerprint density at radius 1 is 1.26 bits per heavy atom. The molecule has 8 heteroatoms. The highest BCUT2D eigenvalue weighted by Crippen LogP contribution is 2.25. The number of aromatic nitrogens is 1. The molecule has 1 saturated carbocycles. The number of halogens is 1. The van der Waals surface area contributed by atoms with E-state index in [4.69, 9.17) is 4.42 Å². The minimum Gasteiger partial charge on any atom is -0.464 e. The molecule has 1 aliphatic carbocycles. The lowest BCUT2D eigenvalue weighted by Gasteiger charge is -2.33. The average molecular weight is 436 g/mol. The average Bonchev–Trinajstić information content (AvgIpc) is 3.16. The molecule has 0 spiro atoms. The summed E-state index contributed by atoms with van der Waals surface area (Å²) in [5.74, 6) is -0.250. The van der Waals surface area contributed by atoms with Crippen LogP contribution in [0, 0.1) is 0 Å². The third-order valence-electron chi connectivity index (χ3n) is 4.62. The Kier molecular flexibility index (Phi) is 6.49. The number of carbonyl (C=O) groups is 2. The van der Waals surface area contributed by atoms with Crippen LogP contribution in [0.25, 0.3) is 0 Å². The van der Waals surface area contributed by atoms with Gasteiger partial charge in [0.1, 0.15) is 6.26 Å². The molecule has 1 aliphatic rings. The molecular formula is C19H22BrN3O4. The molecule has 0 unspecified atom stereocenters. The molecule has 0 saturated heterocycles. The molecule has 1 fully saturated rings. The van der Waals surface area contributed by atoms with Crippen LogP contribution >= 0.6 is 15.9 Å². The van der Waals surface area contributed by atoms with Gasteiger partial charge in [-0.25, -0.2) is 14.6 Å². The quantitative estimate of drug-likeness (QED) is 0.693. The van der Waals surface area contributed by atoms with Crippen molar-refractivity contribution < 1.29 is 18.7 Å². The molecular weight excluding hydrogens is 414 g/mol. The molecule has 0 atom stereocenters. The Bertz CT molecular complexity index is 785. The maximum absolute atomic E-state index is 12.9. The van der Waals surface area contributed by atoms with Crippen molar-refractivity contribution in [3.8, 4) is 0 Å². The minimum absolute atomic E-state index is 0.101. The van der Waals surface area contributed by atoms with Crippen molar-refractivity contribution in [3.63, 3.8) is 0 Å². The molecule has 0 bridgehead atoms. The van der Waals surface area contributed by atoms with Gasteiger partial charge in [-0.05, 0) is 37.1 Å². The first-order valence-electron chi connectivity index (χ1n) is 8.92. The van der Waals surface area contributed by atoms with E-state index in [-0.39, 0.29) is 24.3 Å². The van der Waals surface area contributed by atoms with Crippen LogP contribution in [-0.4, -0.2) is 35.0 Å².